The molecule has 1 amide bonds. The van der Waals surface area contributed by atoms with Crippen molar-refractivity contribution < 1.29 is 17.1 Å². The molecule has 9 heteroatoms. The van der Waals surface area contributed by atoms with Gasteiger partial charge in [0.25, 0.3) is 0 Å². The number of halogens is 1. The second kappa shape index (κ2) is 5.23. The molecule has 1 aliphatic rings. The van der Waals surface area contributed by atoms with Gasteiger partial charge in [0.2, 0.25) is 5.91 Å². The number of hydrogen-bond acceptors (Lipinski definition) is 5. The zero-order valence-corrected chi connectivity index (χ0v) is 12.5. The SMILES string of the molecule is O=C1CC(CS(=O)(=O)F)CN1c1cc(-c2cccs2)[nH]n1. The normalized spacial score (nSPS) is 19.4. The topological polar surface area (TPSA) is 83.1 Å². The highest BCUT2D eigenvalue weighted by atomic mass is 32.3. The third-order valence-corrected chi connectivity index (χ3v) is 5.04. The van der Waals surface area contributed by atoms with Gasteiger partial charge in [0.1, 0.15) is 0 Å². The van der Waals surface area contributed by atoms with E-state index in [1.807, 2.05) is 17.5 Å². The van der Waals surface area contributed by atoms with Gasteiger partial charge < -0.3 is 0 Å². The molecule has 112 valence electrons. The summed E-state index contributed by atoms with van der Waals surface area (Å²) in [7, 11) is -4.57. The molecule has 2 aromatic rings. The van der Waals surface area contributed by atoms with E-state index in [4.69, 9.17) is 0 Å². The van der Waals surface area contributed by atoms with Crippen LogP contribution in [0.2, 0.25) is 0 Å². The van der Waals surface area contributed by atoms with Crippen molar-refractivity contribution in [1.29, 1.82) is 0 Å². The van der Waals surface area contributed by atoms with Gasteiger partial charge >= 0.3 is 10.2 Å². The van der Waals surface area contributed by atoms with Gasteiger partial charge in [-0.3, -0.25) is 14.8 Å². The molecule has 1 atom stereocenters. The fourth-order valence-corrected chi connectivity index (χ4v) is 3.88. The molecule has 21 heavy (non-hydrogen) atoms. The Morgan fingerprint density at radius 1 is 1.52 bits per heavy atom. The van der Waals surface area contributed by atoms with Gasteiger partial charge in [0.05, 0.1) is 16.3 Å². The number of carbonyl (C=O) groups excluding carboxylic acids is 1. The Hall–Kier alpha value is -1.74. The Bertz CT molecular complexity index is 755. The molecular formula is C12H12FN3O3S2. The number of amides is 1. The summed E-state index contributed by atoms with van der Waals surface area (Å²) in [5.74, 6) is -0.971. The van der Waals surface area contributed by atoms with Crippen LogP contribution in [0.1, 0.15) is 6.42 Å². The van der Waals surface area contributed by atoms with Gasteiger partial charge in [-0.1, -0.05) is 6.07 Å². The Labute approximate surface area is 124 Å². The molecular weight excluding hydrogens is 317 g/mol. The molecule has 2 aromatic heterocycles. The lowest BCUT2D eigenvalue weighted by Gasteiger charge is -2.12. The Morgan fingerprint density at radius 2 is 2.33 bits per heavy atom. The summed E-state index contributed by atoms with van der Waals surface area (Å²) in [5.41, 5.74) is 0.786. The first-order valence-corrected chi connectivity index (χ1v) is 8.67. The van der Waals surface area contributed by atoms with Crippen molar-refractivity contribution >= 4 is 33.3 Å². The summed E-state index contributed by atoms with van der Waals surface area (Å²) in [4.78, 5) is 14.3. The van der Waals surface area contributed by atoms with Gasteiger partial charge in [0, 0.05) is 24.9 Å². The molecule has 1 fully saturated rings. The van der Waals surface area contributed by atoms with Crippen LogP contribution in [0.15, 0.2) is 23.6 Å². The monoisotopic (exact) mass is 329 g/mol. The zero-order chi connectivity index (χ0) is 15.0. The second-order valence-corrected chi connectivity index (χ2v) is 7.26. The van der Waals surface area contributed by atoms with E-state index in [1.165, 1.54) is 16.2 Å². The highest BCUT2D eigenvalue weighted by Gasteiger charge is 2.34. The average Bonchev–Trinajstić information content (AvgIpc) is 3.06. The molecule has 0 aromatic carbocycles. The van der Waals surface area contributed by atoms with Crippen molar-refractivity contribution in [3.8, 4) is 10.6 Å². The standard InChI is InChI=1S/C12H12FN3O3S2/c13-21(18,19)7-8-4-12(17)16(6-8)11-5-9(14-15-11)10-2-1-3-20-10/h1-3,5,8H,4,6-7H2,(H,14,15). The van der Waals surface area contributed by atoms with E-state index in [-0.39, 0.29) is 18.9 Å². The predicted octanol–water partition coefficient (Wildman–Crippen LogP) is 1.79. The highest BCUT2D eigenvalue weighted by Crippen LogP contribution is 2.29. The Kier molecular flexibility index (Phi) is 3.54. The molecule has 0 aliphatic carbocycles. The molecule has 3 heterocycles. The van der Waals surface area contributed by atoms with Crippen LogP contribution in [-0.4, -0.2) is 36.8 Å². The van der Waals surface area contributed by atoms with E-state index in [0.29, 0.717) is 5.82 Å². The van der Waals surface area contributed by atoms with E-state index >= 15 is 0 Å². The molecule has 0 saturated carbocycles. The van der Waals surface area contributed by atoms with E-state index in [9.17, 15) is 17.1 Å². The number of nitrogens with one attached hydrogen (secondary N) is 1. The first-order chi connectivity index (χ1) is 9.92. The third-order valence-electron chi connectivity index (χ3n) is 3.27. The number of rotatable bonds is 4. The lowest BCUT2D eigenvalue weighted by Crippen LogP contribution is -2.25. The molecule has 3 rings (SSSR count). The van der Waals surface area contributed by atoms with Crippen molar-refractivity contribution in [3.63, 3.8) is 0 Å². The van der Waals surface area contributed by atoms with Crippen LogP contribution < -0.4 is 4.90 Å². The van der Waals surface area contributed by atoms with Crippen LogP contribution in [0.3, 0.4) is 0 Å². The van der Waals surface area contributed by atoms with Crippen LogP contribution in [0.25, 0.3) is 10.6 Å². The first-order valence-electron chi connectivity index (χ1n) is 6.24. The molecule has 6 nitrogen and oxygen atoms in total. The van der Waals surface area contributed by atoms with E-state index in [2.05, 4.69) is 10.2 Å². The Morgan fingerprint density at radius 3 is 3.00 bits per heavy atom. The van der Waals surface area contributed by atoms with Crippen LogP contribution in [-0.2, 0) is 15.0 Å². The Balaban J connectivity index is 1.77. The number of anilines is 1. The summed E-state index contributed by atoms with van der Waals surface area (Å²) in [6.45, 7) is 0.163. The summed E-state index contributed by atoms with van der Waals surface area (Å²) in [6, 6.07) is 5.56. The van der Waals surface area contributed by atoms with Crippen molar-refractivity contribution in [3.05, 3.63) is 23.6 Å². The lowest BCUT2D eigenvalue weighted by molar-refractivity contribution is -0.117. The minimum absolute atomic E-state index is 0.0182. The molecule has 1 unspecified atom stereocenters. The van der Waals surface area contributed by atoms with Crippen molar-refractivity contribution in [2.45, 2.75) is 6.42 Å². The second-order valence-electron chi connectivity index (χ2n) is 4.90. The molecule has 0 spiro atoms. The van der Waals surface area contributed by atoms with E-state index < -0.39 is 21.9 Å². The van der Waals surface area contributed by atoms with Crippen LogP contribution >= 0.6 is 11.3 Å². The summed E-state index contributed by atoms with van der Waals surface area (Å²) in [6.07, 6.45) is 0.0182. The third kappa shape index (κ3) is 3.13. The van der Waals surface area contributed by atoms with Crippen LogP contribution in [0, 0.1) is 5.92 Å². The van der Waals surface area contributed by atoms with Gasteiger partial charge in [-0.15, -0.1) is 15.2 Å². The maximum atomic E-state index is 12.7. The largest absolute Gasteiger partial charge is 0.302 e. The summed E-state index contributed by atoms with van der Waals surface area (Å²) >= 11 is 1.54. The molecule has 1 aliphatic heterocycles. The number of aromatic nitrogens is 2. The minimum Gasteiger partial charge on any atom is -0.295 e. The predicted molar refractivity (Wildman–Crippen MR) is 77.3 cm³/mol. The average molecular weight is 329 g/mol. The number of hydrogen-bond donors (Lipinski definition) is 1. The fourth-order valence-electron chi connectivity index (χ4n) is 2.40. The van der Waals surface area contributed by atoms with Gasteiger partial charge in [-0.05, 0) is 11.4 Å². The van der Waals surface area contributed by atoms with Gasteiger partial charge in [-0.25, -0.2) is 0 Å². The van der Waals surface area contributed by atoms with E-state index in [0.717, 1.165) is 10.6 Å². The van der Waals surface area contributed by atoms with Gasteiger partial charge in [0.15, 0.2) is 5.82 Å². The smallest absolute Gasteiger partial charge is 0.295 e. The van der Waals surface area contributed by atoms with Gasteiger partial charge in [-0.2, -0.15) is 13.5 Å². The number of carbonyl (C=O) groups is 1. The first kappa shape index (κ1) is 14.2. The number of aromatic amines is 1. The van der Waals surface area contributed by atoms with Crippen molar-refractivity contribution in [2.75, 3.05) is 17.2 Å². The van der Waals surface area contributed by atoms with Crippen LogP contribution in [0.4, 0.5) is 9.70 Å². The maximum Gasteiger partial charge on any atom is 0.302 e. The summed E-state index contributed by atoms with van der Waals surface area (Å²) in [5, 5.41) is 8.85. The van der Waals surface area contributed by atoms with Crippen molar-refractivity contribution in [2.24, 2.45) is 5.92 Å². The minimum atomic E-state index is -4.57. The molecule has 1 saturated heterocycles. The maximum absolute atomic E-state index is 12.7. The zero-order valence-electron chi connectivity index (χ0n) is 10.8. The number of H-pyrrole nitrogens is 1. The molecule has 1 N–H and O–H groups in total. The molecule has 0 bridgehead atoms. The number of nitrogens with zero attached hydrogens (tertiary/aromatic N) is 2. The van der Waals surface area contributed by atoms with Crippen molar-refractivity contribution in [1.82, 2.24) is 10.2 Å². The van der Waals surface area contributed by atoms with Crippen LogP contribution in [0.5, 0.6) is 0 Å². The highest BCUT2D eigenvalue weighted by molar-refractivity contribution is 7.86. The number of thiophene rings is 1. The quantitative estimate of drug-likeness (QED) is 0.867. The molecule has 0 radical (unpaired) electrons. The fraction of sp³-hybridized carbons (Fsp3) is 0.333. The van der Waals surface area contributed by atoms with E-state index in [1.54, 1.807) is 6.07 Å². The lowest BCUT2D eigenvalue weighted by atomic mass is 10.1. The summed E-state index contributed by atoms with van der Waals surface area (Å²) < 4.78 is 34.1.